The molecule has 0 aliphatic heterocycles. The van der Waals surface area contributed by atoms with Gasteiger partial charge in [-0.2, -0.15) is 0 Å². The van der Waals surface area contributed by atoms with Crippen LogP contribution in [0.5, 0.6) is 0 Å². The second-order valence-electron chi connectivity index (χ2n) is 2.97. The molecule has 2 heterocycles. The van der Waals surface area contributed by atoms with Crippen LogP contribution in [0.2, 0.25) is 0 Å². The zero-order valence-electron chi connectivity index (χ0n) is 7.98. The van der Waals surface area contributed by atoms with Gasteiger partial charge in [-0.05, 0) is 22.9 Å². The molecule has 0 N–H and O–H groups in total. The molecule has 15 heavy (non-hydrogen) atoms. The summed E-state index contributed by atoms with van der Waals surface area (Å²) in [5, 5.41) is 2.79. The molecule has 0 atom stereocenters. The molecule has 0 saturated carbocycles. The fourth-order valence-electron chi connectivity index (χ4n) is 1.20. The highest BCUT2D eigenvalue weighted by molar-refractivity contribution is 9.10. The monoisotopic (exact) mass is 285 g/mol. The number of nitrogens with zero attached hydrogens (tertiary/aromatic N) is 3. The van der Waals surface area contributed by atoms with E-state index in [0.717, 1.165) is 5.01 Å². The Bertz CT molecular complexity index is 521. The third-order valence-corrected chi connectivity index (χ3v) is 3.29. The summed E-state index contributed by atoms with van der Waals surface area (Å²) in [5.41, 5.74) is -0.0716. The molecule has 0 unspecified atom stereocenters. The molecule has 0 aromatic carbocycles. The van der Waals surface area contributed by atoms with Gasteiger partial charge in [-0.1, -0.05) is 0 Å². The number of rotatable bonds is 2. The first-order valence-corrected chi connectivity index (χ1v) is 5.96. The molecular formula is C9H8BrN3OS. The van der Waals surface area contributed by atoms with Crippen molar-refractivity contribution in [1.29, 1.82) is 0 Å². The molecule has 0 saturated heterocycles. The van der Waals surface area contributed by atoms with Gasteiger partial charge in [0.1, 0.15) is 15.3 Å². The lowest BCUT2D eigenvalue weighted by molar-refractivity contribution is 0.692. The number of halogens is 1. The van der Waals surface area contributed by atoms with Gasteiger partial charge in [-0.15, -0.1) is 11.3 Å². The Morgan fingerprint density at radius 1 is 1.53 bits per heavy atom. The van der Waals surface area contributed by atoms with E-state index < -0.39 is 0 Å². The van der Waals surface area contributed by atoms with Crippen molar-refractivity contribution in [3.05, 3.63) is 43.4 Å². The van der Waals surface area contributed by atoms with E-state index in [0.29, 0.717) is 16.8 Å². The molecule has 0 bridgehead atoms. The van der Waals surface area contributed by atoms with Crippen molar-refractivity contribution < 1.29 is 0 Å². The zero-order chi connectivity index (χ0) is 10.8. The van der Waals surface area contributed by atoms with Crippen LogP contribution in [0, 0.1) is 6.92 Å². The van der Waals surface area contributed by atoms with Crippen molar-refractivity contribution in [1.82, 2.24) is 14.5 Å². The van der Waals surface area contributed by atoms with E-state index in [1.54, 1.807) is 17.7 Å². The van der Waals surface area contributed by atoms with Crippen LogP contribution in [0.3, 0.4) is 0 Å². The first kappa shape index (κ1) is 10.5. The standard InChI is InChI=1S/C9H8BrN3OS/c1-6-12-4-7(10)9(14)13(6)5-8-11-2-3-15-8/h2-4H,5H2,1H3. The molecule has 2 aromatic rings. The third-order valence-electron chi connectivity index (χ3n) is 1.98. The molecule has 4 nitrogen and oxygen atoms in total. The molecule has 2 rings (SSSR count). The summed E-state index contributed by atoms with van der Waals surface area (Å²) in [6, 6.07) is 0. The average Bonchev–Trinajstić information content (AvgIpc) is 2.71. The molecule has 0 aliphatic rings. The van der Waals surface area contributed by atoms with Gasteiger partial charge < -0.3 is 0 Å². The highest BCUT2D eigenvalue weighted by Crippen LogP contribution is 2.08. The molecule has 2 aromatic heterocycles. The second kappa shape index (κ2) is 4.24. The van der Waals surface area contributed by atoms with Crippen LogP contribution < -0.4 is 5.56 Å². The molecule has 78 valence electrons. The Kier molecular flexibility index (Phi) is 2.97. The van der Waals surface area contributed by atoms with Crippen molar-refractivity contribution >= 4 is 27.3 Å². The maximum Gasteiger partial charge on any atom is 0.268 e. The van der Waals surface area contributed by atoms with Crippen molar-refractivity contribution in [3.63, 3.8) is 0 Å². The van der Waals surface area contributed by atoms with Gasteiger partial charge in [0.25, 0.3) is 5.56 Å². The Morgan fingerprint density at radius 2 is 2.33 bits per heavy atom. The van der Waals surface area contributed by atoms with E-state index in [1.165, 1.54) is 17.5 Å². The normalized spacial score (nSPS) is 10.5. The number of thiazole rings is 1. The lowest BCUT2D eigenvalue weighted by Gasteiger charge is -2.06. The van der Waals surface area contributed by atoms with Crippen LogP contribution in [-0.2, 0) is 6.54 Å². The summed E-state index contributed by atoms with van der Waals surface area (Å²) in [6.07, 6.45) is 3.25. The van der Waals surface area contributed by atoms with Crippen molar-refractivity contribution in [2.75, 3.05) is 0 Å². The Morgan fingerprint density at radius 3 is 3.00 bits per heavy atom. The number of aromatic nitrogens is 3. The smallest absolute Gasteiger partial charge is 0.268 e. The summed E-state index contributed by atoms with van der Waals surface area (Å²) in [4.78, 5) is 20.0. The number of hydrogen-bond acceptors (Lipinski definition) is 4. The molecule has 0 radical (unpaired) electrons. The van der Waals surface area contributed by atoms with Crippen molar-refractivity contribution in [3.8, 4) is 0 Å². The minimum Gasteiger partial charge on any atom is -0.289 e. The van der Waals surface area contributed by atoms with Gasteiger partial charge in [-0.3, -0.25) is 9.36 Å². The summed E-state index contributed by atoms with van der Waals surface area (Å²) in [6.45, 7) is 2.29. The molecule has 0 fully saturated rings. The van der Waals surface area contributed by atoms with E-state index in [-0.39, 0.29) is 5.56 Å². The van der Waals surface area contributed by atoms with Crippen LogP contribution in [-0.4, -0.2) is 14.5 Å². The van der Waals surface area contributed by atoms with Gasteiger partial charge in [-0.25, -0.2) is 9.97 Å². The Hall–Kier alpha value is -1.01. The minimum absolute atomic E-state index is 0.0716. The van der Waals surface area contributed by atoms with Gasteiger partial charge in [0.15, 0.2) is 0 Å². The number of hydrogen-bond donors (Lipinski definition) is 0. The summed E-state index contributed by atoms with van der Waals surface area (Å²) >= 11 is 4.70. The van der Waals surface area contributed by atoms with Gasteiger partial charge >= 0.3 is 0 Å². The summed E-state index contributed by atoms with van der Waals surface area (Å²) in [5.74, 6) is 0.693. The quantitative estimate of drug-likeness (QED) is 0.846. The van der Waals surface area contributed by atoms with Crippen LogP contribution in [0.1, 0.15) is 10.8 Å². The lowest BCUT2D eigenvalue weighted by atomic mass is 10.5. The van der Waals surface area contributed by atoms with E-state index in [2.05, 4.69) is 25.9 Å². The Labute approximate surface area is 98.8 Å². The van der Waals surface area contributed by atoms with E-state index in [4.69, 9.17) is 0 Å². The molecule has 0 aliphatic carbocycles. The fourth-order valence-corrected chi connectivity index (χ4v) is 2.12. The zero-order valence-corrected chi connectivity index (χ0v) is 10.4. The first-order valence-electron chi connectivity index (χ1n) is 4.29. The minimum atomic E-state index is -0.0716. The van der Waals surface area contributed by atoms with Crippen molar-refractivity contribution in [2.45, 2.75) is 13.5 Å². The van der Waals surface area contributed by atoms with Crippen LogP contribution in [0.15, 0.2) is 27.0 Å². The predicted octanol–water partition coefficient (Wildman–Crippen LogP) is 1.82. The van der Waals surface area contributed by atoms with E-state index >= 15 is 0 Å². The summed E-state index contributed by atoms with van der Waals surface area (Å²) < 4.78 is 2.08. The highest BCUT2D eigenvalue weighted by atomic mass is 79.9. The maximum absolute atomic E-state index is 11.8. The van der Waals surface area contributed by atoms with Crippen molar-refractivity contribution in [2.24, 2.45) is 0 Å². The third kappa shape index (κ3) is 2.15. The largest absolute Gasteiger partial charge is 0.289 e. The fraction of sp³-hybridized carbons (Fsp3) is 0.222. The molecule has 6 heteroatoms. The van der Waals surface area contributed by atoms with Gasteiger partial charge in [0, 0.05) is 17.8 Å². The number of aryl methyl sites for hydroxylation is 1. The highest BCUT2D eigenvalue weighted by Gasteiger charge is 2.06. The van der Waals surface area contributed by atoms with Crippen LogP contribution in [0.4, 0.5) is 0 Å². The van der Waals surface area contributed by atoms with Crippen LogP contribution >= 0.6 is 27.3 Å². The van der Waals surface area contributed by atoms with E-state index in [9.17, 15) is 4.79 Å². The van der Waals surface area contributed by atoms with E-state index in [1.807, 2.05) is 5.38 Å². The van der Waals surface area contributed by atoms with Gasteiger partial charge in [0.05, 0.1) is 6.54 Å². The Balaban J connectivity index is 2.44. The second-order valence-corrected chi connectivity index (χ2v) is 4.80. The SMILES string of the molecule is Cc1ncc(Br)c(=O)n1Cc1nccs1. The first-order chi connectivity index (χ1) is 7.18. The maximum atomic E-state index is 11.8. The van der Waals surface area contributed by atoms with Crippen LogP contribution in [0.25, 0.3) is 0 Å². The topological polar surface area (TPSA) is 47.8 Å². The predicted molar refractivity (Wildman–Crippen MR) is 62.2 cm³/mol. The van der Waals surface area contributed by atoms with Gasteiger partial charge in [0.2, 0.25) is 0 Å². The molecular weight excluding hydrogens is 278 g/mol. The lowest BCUT2D eigenvalue weighted by Crippen LogP contribution is -2.24. The molecule has 0 spiro atoms. The average molecular weight is 286 g/mol. The summed E-state index contributed by atoms with van der Waals surface area (Å²) in [7, 11) is 0. The molecule has 0 amide bonds.